The van der Waals surface area contributed by atoms with Crippen molar-refractivity contribution < 1.29 is 19.0 Å². The van der Waals surface area contributed by atoms with Crippen LogP contribution in [-0.4, -0.2) is 48.4 Å². The number of hydrogen-bond acceptors (Lipinski definition) is 7. The van der Waals surface area contributed by atoms with E-state index < -0.39 is 11.4 Å². The molecule has 0 aliphatic heterocycles. The summed E-state index contributed by atoms with van der Waals surface area (Å²) in [5.74, 6) is 0.955. The van der Waals surface area contributed by atoms with Gasteiger partial charge in [0.25, 0.3) is 5.91 Å². The highest BCUT2D eigenvalue weighted by atomic mass is 19.1. The van der Waals surface area contributed by atoms with Crippen LogP contribution in [0.15, 0.2) is 60.9 Å². The molecule has 1 aliphatic rings. The van der Waals surface area contributed by atoms with Crippen LogP contribution in [0.3, 0.4) is 0 Å². The molecule has 0 unspecified atom stereocenters. The first-order chi connectivity index (χ1) is 18.2. The summed E-state index contributed by atoms with van der Waals surface area (Å²) in [7, 11) is 0. The standard InChI is InChI=1S/C28H29FN6O3/c1-4-38-20-10-12-22(31-16-20)26-34-33-25(35(26)24-8-6-5-7-21(24)29)17-13-19(14-17)32-27(36)23-11-9-18(15-30-23)28(2,3)37/h5-12,15-17,19,37H,4,13-14H2,1-3H3,(H,32,36). The molecule has 3 heterocycles. The van der Waals surface area contributed by atoms with Gasteiger partial charge in [0.05, 0.1) is 24.1 Å². The molecule has 0 spiro atoms. The zero-order valence-corrected chi connectivity index (χ0v) is 21.4. The zero-order chi connectivity index (χ0) is 26.9. The van der Waals surface area contributed by atoms with Gasteiger partial charge < -0.3 is 15.2 Å². The highest BCUT2D eigenvalue weighted by Crippen LogP contribution is 2.39. The maximum Gasteiger partial charge on any atom is 0.270 e. The van der Waals surface area contributed by atoms with Gasteiger partial charge in [0.15, 0.2) is 5.82 Å². The van der Waals surface area contributed by atoms with Gasteiger partial charge in [0.1, 0.15) is 28.8 Å². The second kappa shape index (κ2) is 10.3. The second-order valence-electron chi connectivity index (χ2n) is 9.81. The minimum absolute atomic E-state index is 0.0330. The molecule has 4 aromatic rings. The van der Waals surface area contributed by atoms with E-state index in [1.165, 1.54) is 12.3 Å². The molecule has 3 aromatic heterocycles. The quantitative estimate of drug-likeness (QED) is 0.361. The van der Waals surface area contributed by atoms with Gasteiger partial charge in [-0.25, -0.2) is 9.37 Å². The average molecular weight is 517 g/mol. The van der Waals surface area contributed by atoms with Crippen LogP contribution in [0, 0.1) is 5.82 Å². The molecule has 5 rings (SSSR count). The van der Waals surface area contributed by atoms with E-state index in [1.54, 1.807) is 67.1 Å². The summed E-state index contributed by atoms with van der Waals surface area (Å²) in [4.78, 5) is 21.4. The Morgan fingerprint density at radius 3 is 2.53 bits per heavy atom. The van der Waals surface area contributed by atoms with Gasteiger partial charge >= 0.3 is 0 Å². The van der Waals surface area contributed by atoms with Gasteiger partial charge in [-0.05, 0) is 63.9 Å². The molecule has 2 N–H and O–H groups in total. The number of pyridine rings is 2. The van der Waals surface area contributed by atoms with E-state index in [1.807, 2.05) is 6.92 Å². The summed E-state index contributed by atoms with van der Waals surface area (Å²) >= 11 is 0. The molecule has 1 fully saturated rings. The fraction of sp³-hybridized carbons (Fsp3) is 0.321. The first-order valence-corrected chi connectivity index (χ1v) is 12.5. The van der Waals surface area contributed by atoms with Crippen molar-refractivity contribution in [3.05, 3.63) is 83.8 Å². The number of carbonyl (C=O) groups is 1. The molecule has 9 nitrogen and oxygen atoms in total. The molecule has 196 valence electrons. The number of carbonyl (C=O) groups excluding carboxylic acids is 1. The molecule has 1 aromatic carbocycles. The molecule has 1 aliphatic carbocycles. The van der Waals surface area contributed by atoms with E-state index in [0.29, 0.717) is 53.8 Å². The lowest BCUT2D eigenvalue weighted by molar-refractivity contribution is 0.0778. The normalized spacial score (nSPS) is 17.1. The van der Waals surface area contributed by atoms with Gasteiger partial charge in [-0.2, -0.15) is 0 Å². The van der Waals surface area contributed by atoms with Crippen LogP contribution in [0.5, 0.6) is 5.75 Å². The Balaban J connectivity index is 1.35. The van der Waals surface area contributed by atoms with E-state index in [9.17, 15) is 14.3 Å². The Labute approximate surface area is 219 Å². The van der Waals surface area contributed by atoms with Crippen LogP contribution in [0.1, 0.15) is 61.4 Å². The van der Waals surface area contributed by atoms with Crippen molar-refractivity contribution in [1.82, 2.24) is 30.0 Å². The number of amides is 1. The number of hydrogen-bond donors (Lipinski definition) is 2. The molecule has 0 atom stereocenters. The summed E-state index contributed by atoms with van der Waals surface area (Å²) < 4.78 is 22.1. The molecule has 0 radical (unpaired) electrons. The first kappa shape index (κ1) is 25.5. The SMILES string of the molecule is CCOc1ccc(-c2nnc(C3CC(NC(=O)c4ccc(C(C)(C)O)cn4)C3)n2-c2ccccc2F)nc1. The number of benzene rings is 1. The van der Waals surface area contributed by atoms with Crippen molar-refractivity contribution in [2.75, 3.05) is 6.61 Å². The molecular weight excluding hydrogens is 487 g/mol. The lowest BCUT2D eigenvalue weighted by Gasteiger charge is -2.35. The van der Waals surface area contributed by atoms with Crippen LogP contribution in [-0.2, 0) is 5.60 Å². The Bertz CT molecular complexity index is 1420. The van der Waals surface area contributed by atoms with Gasteiger partial charge in [-0.3, -0.25) is 14.3 Å². The third-order valence-corrected chi connectivity index (χ3v) is 6.60. The fourth-order valence-electron chi connectivity index (χ4n) is 4.46. The number of nitrogens with zero attached hydrogens (tertiary/aromatic N) is 5. The minimum Gasteiger partial charge on any atom is -0.492 e. The number of aromatic nitrogens is 5. The summed E-state index contributed by atoms with van der Waals surface area (Å²) in [6.07, 6.45) is 4.36. The van der Waals surface area contributed by atoms with E-state index >= 15 is 0 Å². The van der Waals surface area contributed by atoms with Crippen molar-refractivity contribution in [3.8, 4) is 23.0 Å². The first-order valence-electron chi connectivity index (χ1n) is 12.5. The van der Waals surface area contributed by atoms with Crippen LogP contribution in [0.25, 0.3) is 17.2 Å². The third kappa shape index (κ3) is 5.12. The van der Waals surface area contributed by atoms with E-state index in [-0.39, 0.29) is 23.6 Å². The maximum absolute atomic E-state index is 14.9. The zero-order valence-electron chi connectivity index (χ0n) is 21.4. The fourth-order valence-corrected chi connectivity index (χ4v) is 4.46. The van der Waals surface area contributed by atoms with Gasteiger partial charge in [0.2, 0.25) is 0 Å². The molecule has 38 heavy (non-hydrogen) atoms. The second-order valence-corrected chi connectivity index (χ2v) is 9.81. The lowest BCUT2D eigenvalue weighted by atomic mass is 9.79. The summed E-state index contributed by atoms with van der Waals surface area (Å²) in [6, 6.07) is 13.3. The van der Waals surface area contributed by atoms with Gasteiger partial charge in [-0.1, -0.05) is 18.2 Å². The monoisotopic (exact) mass is 516 g/mol. The number of halogens is 1. The van der Waals surface area contributed by atoms with Crippen LogP contribution >= 0.6 is 0 Å². The van der Waals surface area contributed by atoms with E-state index in [4.69, 9.17) is 4.74 Å². The highest BCUT2D eigenvalue weighted by molar-refractivity contribution is 5.92. The molecule has 1 amide bonds. The lowest BCUT2D eigenvalue weighted by Crippen LogP contribution is -2.44. The highest BCUT2D eigenvalue weighted by Gasteiger charge is 2.36. The van der Waals surface area contributed by atoms with E-state index in [0.717, 1.165) is 0 Å². The maximum atomic E-state index is 14.9. The number of aliphatic hydroxyl groups is 1. The average Bonchev–Trinajstić information content (AvgIpc) is 3.30. The topological polar surface area (TPSA) is 115 Å². The van der Waals surface area contributed by atoms with Crippen molar-refractivity contribution in [1.29, 1.82) is 0 Å². The van der Waals surface area contributed by atoms with Crippen LogP contribution in [0.4, 0.5) is 4.39 Å². The van der Waals surface area contributed by atoms with Gasteiger partial charge in [-0.15, -0.1) is 10.2 Å². The summed E-state index contributed by atoms with van der Waals surface area (Å²) in [5.41, 5.74) is 0.752. The largest absolute Gasteiger partial charge is 0.492 e. The molecule has 0 saturated heterocycles. The third-order valence-electron chi connectivity index (χ3n) is 6.60. The molecule has 10 heteroatoms. The Morgan fingerprint density at radius 2 is 1.89 bits per heavy atom. The molecule has 1 saturated carbocycles. The Hall–Kier alpha value is -4.18. The predicted octanol–water partition coefficient (Wildman–Crippen LogP) is 4.17. The number of nitrogens with one attached hydrogen (secondary N) is 1. The van der Waals surface area contributed by atoms with Crippen molar-refractivity contribution in [3.63, 3.8) is 0 Å². The minimum atomic E-state index is -1.03. The van der Waals surface area contributed by atoms with Crippen LogP contribution < -0.4 is 10.1 Å². The summed E-state index contributed by atoms with van der Waals surface area (Å²) in [5, 5.41) is 21.9. The number of ether oxygens (including phenoxy) is 1. The molecular formula is C28H29FN6O3. The molecule has 0 bridgehead atoms. The van der Waals surface area contributed by atoms with Crippen molar-refractivity contribution in [2.24, 2.45) is 0 Å². The summed E-state index contributed by atoms with van der Waals surface area (Å²) in [6.45, 7) is 5.75. The van der Waals surface area contributed by atoms with Crippen molar-refractivity contribution in [2.45, 2.75) is 51.2 Å². The number of rotatable bonds is 8. The van der Waals surface area contributed by atoms with E-state index in [2.05, 4.69) is 25.5 Å². The smallest absolute Gasteiger partial charge is 0.270 e. The Morgan fingerprint density at radius 1 is 1.11 bits per heavy atom. The number of para-hydroxylation sites is 1. The Kier molecular flexibility index (Phi) is 6.90. The predicted molar refractivity (Wildman–Crippen MR) is 138 cm³/mol. The van der Waals surface area contributed by atoms with Crippen LogP contribution in [0.2, 0.25) is 0 Å². The van der Waals surface area contributed by atoms with Crippen molar-refractivity contribution >= 4 is 5.91 Å². The van der Waals surface area contributed by atoms with Gasteiger partial charge in [0, 0.05) is 23.7 Å².